The third-order valence-corrected chi connectivity index (χ3v) is 3.15. The molecule has 0 amide bonds. The van der Waals surface area contributed by atoms with Gasteiger partial charge in [0, 0.05) is 18.4 Å². The molecule has 0 saturated carbocycles. The van der Waals surface area contributed by atoms with E-state index >= 15 is 0 Å². The quantitative estimate of drug-likeness (QED) is 0.893. The van der Waals surface area contributed by atoms with Gasteiger partial charge in [-0.3, -0.25) is 4.98 Å². The van der Waals surface area contributed by atoms with Crippen LogP contribution < -0.4 is 10.5 Å². The molecule has 100 valence electrons. The number of nitrogens with two attached hydrogens (primary N) is 1. The van der Waals surface area contributed by atoms with Crippen molar-refractivity contribution < 1.29 is 4.74 Å². The highest BCUT2D eigenvalue weighted by molar-refractivity contribution is 5.29. The summed E-state index contributed by atoms with van der Waals surface area (Å²) in [5.74, 6) is 0.853. The van der Waals surface area contributed by atoms with Crippen molar-refractivity contribution in [2.45, 2.75) is 32.4 Å². The maximum atomic E-state index is 6.19. The second kappa shape index (κ2) is 6.34. The molecule has 3 nitrogen and oxygen atoms in total. The Morgan fingerprint density at radius 3 is 2.58 bits per heavy atom. The van der Waals surface area contributed by atoms with Crippen molar-refractivity contribution in [3.05, 3.63) is 59.9 Å². The molecule has 0 radical (unpaired) electrons. The highest BCUT2D eigenvalue weighted by Crippen LogP contribution is 2.25. The zero-order valence-corrected chi connectivity index (χ0v) is 11.4. The second-order valence-electron chi connectivity index (χ2n) is 4.71. The van der Waals surface area contributed by atoms with E-state index in [0.717, 1.165) is 17.7 Å². The van der Waals surface area contributed by atoms with Gasteiger partial charge in [0.15, 0.2) is 0 Å². The molecular weight excluding hydrogens is 236 g/mol. The first-order chi connectivity index (χ1) is 9.20. The van der Waals surface area contributed by atoms with Gasteiger partial charge in [0.25, 0.3) is 0 Å². The average molecular weight is 256 g/mol. The van der Waals surface area contributed by atoms with Gasteiger partial charge in [0.1, 0.15) is 11.9 Å². The van der Waals surface area contributed by atoms with Crippen LogP contribution in [0.4, 0.5) is 0 Å². The number of aromatic nitrogens is 1. The predicted molar refractivity (Wildman–Crippen MR) is 77.1 cm³/mol. The minimum absolute atomic E-state index is 0.0390. The zero-order valence-electron chi connectivity index (χ0n) is 11.4. The fraction of sp³-hybridized carbons (Fsp3) is 0.312. The molecule has 0 aliphatic carbocycles. The van der Waals surface area contributed by atoms with Gasteiger partial charge >= 0.3 is 0 Å². The standard InChI is InChI=1S/C16H20N2O/c1-3-15(17)16(13-7-9-18-10-8-13)19-14-6-4-5-12(2)11-14/h4-11,15-16H,3,17H2,1-2H3. The molecule has 2 aromatic rings. The first kappa shape index (κ1) is 13.6. The SMILES string of the molecule is CCC(N)C(Oc1cccc(C)c1)c1ccncc1. The molecule has 3 heteroatoms. The number of pyridine rings is 1. The molecule has 0 fully saturated rings. The van der Waals surface area contributed by atoms with Crippen LogP contribution >= 0.6 is 0 Å². The molecule has 0 aliphatic heterocycles. The number of aryl methyl sites for hydroxylation is 1. The number of nitrogens with zero attached hydrogens (tertiary/aromatic N) is 1. The Labute approximate surface area is 114 Å². The van der Waals surface area contributed by atoms with E-state index in [4.69, 9.17) is 10.5 Å². The van der Waals surface area contributed by atoms with E-state index in [2.05, 4.69) is 11.9 Å². The first-order valence-corrected chi connectivity index (χ1v) is 6.59. The van der Waals surface area contributed by atoms with Crippen molar-refractivity contribution in [2.75, 3.05) is 0 Å². The monoisotopic (exact) mass is 256 g/mol. The van der Waals surface area contributed by atoms with Crippen molar-refractivity contribution in [3.8, 4) is 5.75 Å². The number of rotatable bonds is 5. The molecular formula is C16H20N2O. The lowest BCUT2D eigenvalue weighted by molar-refractivity contribution is 0.171. The van der Waals surface area contributed by atoms with Crippen molar-refractivity contribution in [3.63, 3.8) is 0 Å². The molecule has 2 N–H and O–H groups in total. The van der Waals surface area contributed by atoms with E-state index in [1.165, 1.54) is 5.56 Å². The van der Waals surface area contributed by atoms with Crippen LogP contribution in [0.15, 0.2) is 48.8 Å². The molecule has 0 bridgehead atoms. The third-order valence-electron chi connectivity index (χ3n) is 3.15. The van der Waals surface area contributed by atoms with E-state index in [0.29, 0.717) is 0 Å². The molecule has 0 spiro atoms. The van der Waals surface area contributed by atoms with Crippen LogP contribution in [-0.4, -0.2) is 11.0 Å². The predicted octanol–water partition coefficient (Wildman–Crippen LogP) is 3.25. The highest BCUT2D eigenvalue weighted by Gasteiger charge is 2.20. The lowest BCUT2D eigenvalue weighted by Crippen LogP contribution is -2.31. The lowest BCUT2D eigenvalue weighted by atomic mass is 10.0. The van der Waals surface area contributed by atoms with Crippen LogP contribution in [0, 0.1) is 6.92 Å². The molecule has 1 aromatic heterocycles. The fourth-order valence-electron chi connectivity index (χ4n) is 2.01. The van der Waals surface area contributed by atoms with Crippen LogP contribution in [0.3, 0.4) is 0 Å². The Morgan fingerprint density at radius 1 is 1.21 bits per heavy atom. The van der Waals surface area contributed by atoms with E-state index in [-0.39, 0.29) is 12.1 Å². The Morgan fingerprint density at radius 2 is 1.95 bits per heavy atom. The summed E-state index contributed by atoms with van der Waals surface area (Å²) in [7, 11) is 0. The molecule has 2 rings (SSSR count). The van der Waals surface area contributed by atoms with Crippen LogP contribution in [0.1, 0.15) is 30.6 Å². The van der Waals surface area contributed by atoms with Gasteiger partial charge in [-0.15, -0.1) is 0 Å². The van der Waals surface area contributed by atoms with Gasteiger partial charge in [0.2, 0.25) is 0 Å². The summed E-state index contributed by atoms with van der Waals surface area (Å²) >= 11 is 0. The number of hydrogen-bond donors (Lipinski definition) is 1. The van der Waals surface area contributed by atoms with Crippen LogP contribution in [-0.2, 0) is 0 Å². The van der Waals surface area contributed by atoms with Gasteiger partial charge in [-0.25, -0.2) is 0 Å². The van der Waals surface area contributed by atoms with Crippen molar-refractivity contribution in [1.29, 1.82) is 0 Å². The van der Waals surface area contributed by atoms with Crippen molar-refractivity contribution >= 4 is 0 Å². The summed E-state index contributed by atoms with van der Waals surface area (Å²) in [6.07, 6.45) is 4.25. The number of ether oxygens (including phenoxy) is 1. The summed E-state index contributed by atoms with van der Waals surface area (Å²) < 4.78 is 6.08. The van der Waals surface area contributed by atoms with Crippen molar-refractivity contribution in [2.24, 2.45) is 5.73 Å². The minimum atomic E-state index is -0.144. The Kier molecular flexibility index (Phi) is 4.53. The Bertz CT molecular complexity index is 513. The molecule has 0 aliphatic rings. The highest BCUT2D eigenvalue weighted by atomic mass is 16.5. The maximum Gasteiger partial charge on any atom is 0.139 e. The van der Waals surface area contributed by atoms with Gasteiger partial charge in [-0.1, -0.05) is 19.1 Å². The van der Waals surface area contributed by atoms with E-state index < -0.39 is 0 Å². The lowest BCUT2D eigenvalue weighted by Gasteiger charge is -2.24. The normalized spacial score (nSPS) is 13.8. The number of hydrogen-bond acceptors (Lipinski definition) is 3. The van der Waals surface area contributed by atoms with Crippen LogP contribution in [0.2, 0.25) is 0 Å². The molecule has 2 atom stereocenters. The minimum Gasteiger partial charge on any atom is -0.484 e. The molecule has 2 unspecified atom stereocenters. The van der Waals surface area contributed by atoms with E-state index in [1.807, 2.05) is 43.3 Å². The average Bonchev–Trinajstić information content (AvgIpc) is 2.45. The van der Waals surface area contributed by atoms with Crippen LogP contribution in [0.5, 0.6) is 5.75 Å². The topological polar surface area (TPSA) is 48.1 Å². The van der Waals surface area contributed by atoms with E-state index in [9.17, 15) is 0 Å². The zero-order chi connectivity index (χ0) is 13.7. The summed E-state index contributed by atoms with van der Waals surface area (Å²) in [6.45, 7) is 4.12. The maximum absolute atomic E-state index is 6.19. The van der Waals surface area contributed by atoms with Gasteiger partial charge in [-0.05, 0) is 48.7 Å². The summed E-state index contributed by atoms with van der Waals surface area (Å²) in [5.41, 5.74) is 8.43. The van der Waals surface area contributed by atoms with Crippen molar-refractivity contribution in [1.82, 2.24) is 4.98 Å². The van der Waals surface area contributed by atoms with Gasteiger partial charge < -0.3 is 10.5 Å². The first-order valence-electron chi connectivity index (χ1n) is 6.59. The smallest absolute Gasteiger partial charge is 0.139 e. The summed E-state index contributed by atoms with van der Waals surface area (Å²) in [4.78, 5) is 4.04. The Balaban J connectivity index is 2.24. The van der Waals surface area contributed by atoms with Gasteiger partial charge in [-0.2, -0.15) is 0 Å². The molecule has 19 heavy (non-hydrogen) atoms. The summed E-state index contributed by atoms with van der Waals surface area (Å²) in [5, 5.41) is 0. The largest absolute Gasteiger partial charge is 0.484 e. The second-order valence-corrected chi connectivity index (χ2v) is 4.71. The number of benzene rings is 1. The van der Waals surface area contributed by atoms with E-state index in [1.54, 1.807) is 12.4 Å². The third kappa shape index (κ3) is 3.55. The molecule has 1 heterocycles. The Hall–Kier alpha value is -1.87. The van der Waals surface area contributed by atoms with Gasteiger partial charge in [0.05, 0.1) is 0 Å². The fourth-order valence-corrected chi connectivity index (χ4v) is 2.01. The van der Waals surface area contributed by atoms with Crippen LogP contribution in [0.25, 0.3) is 0 Å². The molecule has 0 saturated heterocycles. The summed E-state index contributed by atoms with van der Waals surface area (Å²) in [6, 6.07) is 11.9. The molecule has 1 aromatic carbocycles.